The smallest absolute Gasteiger partial charge is 0.205 e. The van der Waals surface area contributed by atoms with Crippen LogP contribution in [0, 0.1) is 0 Å². The Bertz CT molecular complexity index is 566. The summed E-state index contributed by atoms with van der Waals surface area (Å²) in [6.07, 6.45) is 1.12. The second kappa shape index (κ2) is 5.17. The molecule has 1 atom stereocenters. The summed E-state index contributed by atoms with van der Waals surface area (Å²) in [6, 6.07) is 9.17. The third-order valence-electron chi connectivity index (χ3n) is 3.45. The first kappa shape index (κ1) is 12.4. The average Bonchev–Trinajstić information content (AvgIpc) is 2.96. The van der Waals surface area contributed by atoms with Gasteiger partial charge in [-0.2, -0.15) is 0 Å². The summed E-state index contributed by atoms with van der Waals surface area (Å²) in [5, 5.41) is 13.6. The van der Waals surface area contributed by atoms with Crippen molar-refractivity contribution < 1.29 is 0 Å². The molecule has 3 rings (SSSR count). The zero-order valence-electron chi connectivity index (χ0n) is 11.3. The molecular formula is C14H18N4S. The van der Waals surface area contributed by atoms with Crippen LogP contribution in [-0.2, 0) is 13.0 Å². The van der Waals surface area contributed by atoms with E-state index in [2.05, 4.69) is 58.5 Å². The molecule has 0 fully saturated rings. The van der Waals surface area contributed by atoms with Crippen molar-refractivity contribution in [3.63, 3.8) is 0 Å². The number of hydrogen-bond acceptors (Lipinski definition) is 5. The van der Waals surface area contributed by atoms with Gasteiger partial charge in [0.15, 0.2) is 0 Å². The molecule has 0 radical (unpaired) electrons. The average molecular weight is 274 g/mol. The maximum absolute atomic E-state index is 4.27. The van der Waals surface area contributed by atoms with Crippen molar-refractivity contribution in [2.24, 2.45) is 0 Å². The molecule has 2 aromatic rings. The Morgan fingerprint density at radius 2 is 2.21 bits per heavy atom. The third-order valence-corrected chi connectivity index (χ3v) is 4.31. The predicted octanol–water partition coefficient (Wildman–Crippen LogP) is 2.92. The minimum Gasteiger partial charge on any atom is -0.361 e. The summed E-state index contributed by atoms with van der Waals surface area (Å²) in [6.45, 7) is 6.07. The first-order chi connectivity index (χ1) is 9.28. The highest BCUT2D eigenvalue weighted by Gasteiger charge is 2.26. The van der Waals surface area contributed by atoms with E-state index >= 15 is 0 Å². The number of rotatable bonds is 4. The minimum atomic E-state index is 0.531. The van der Waals surface area contributed by atoms with Crippen LogP contribution < -0.4 is 10.2 Å². The van der Waals surface area contributed by atoms with Crippen molar-refractivity contribution in [3.05, 3.63) is 34.8 Å². The van der Waals surface area contributed by atoms with Crippen LogP contribution in [0.1, 0.15) is 24.4 Å². The van der Waals surface area contributed by atoms with Crippen LogP contribution in [0.4, 0.5) is 10.8 Å². The number of fused-ring (bicyclic) bond motifs is 1. The van der Waals surface area contributed by atoms with Gasteiger partial charge in [-0.1, -0.05) is 29.5 Å². The van der Waals surface area contributed by atoms with Gasteiger partial charge in [-0.25, -0.2) is 0 Å². The van der Waals surface area contributed by atoms with E-state index in [4.69, 9.17) is 0 Å². The number of para-hydroxylation sites is 1. The molecule has 0 saturated carbocycles. The van der Waals surface area contributed by atoms with Crippen molar-refractivity contribution >= 4 is 22.2 Å². The maximum Gasteiger partial charge on any atom is 0.205 e. The number of benzene rings is 1. The lowest BCUT2D eigenvalue weighted by atomic mass is 10.1. The number of aromatic nitrogens is 2. The molecule has 0 amide bonds. The topological polar surface area (TPSA) is 41.1 Å². The molecule has 1 N–H and O–H groups in total. The first-order valence-corrected chi connectivity index (χ1v) is 7.50. The van der Waals surface area contributed by atoms with Crippen molar-refractivity contribution in [3.8, 4) is 0 Å². The number of hydrogen-bond donors (Lipinski definition) is 1. The Morgan fingerprint density at radius 1 is 1.37 bits per heavy atom. The summed E-state index contributed by atoms with van der Waals surface area (Å²) in [5.74, 6) is 0. The molecule has 4 nitrogen and oxygen atoms in total. The molecule has 1 aliphatic rings. The van der Waals surface area contributed by atoms with Gasteiger partial charge in [-0.05, 0) is 31.9 Å². The third kappa shape index (κ3) is 2.42. The van der Waals surface area contributed by atoms with Crippen molar-refractivity contribution in [2.75, 3.05) is 16.8 Å². The fraction of sp³-hybridized carbons (Fsp3) is 0.429. The highest BCUT2D eigenvalue weighted by molar-refractivity contribution is 7.15. The predicted molar refractivity (Wildman–Crippen MR) is 79.9 cm³/mol. The zero-order valence-corrected chi connectivity index (χ0v) is 12.1. The van der Waals surface area contributed by atoms with Crippen LogP contribution in [0.25, 0.3) is 0 Å². The van der Waals surface area contributed by atoms with E-state index < -0.39 is 0 Å². The van der Waals surface area contributed by atoms with Crippen LogP contribution >= 0.6 is 11.3 Å². The van der Waals surface area contributed by atoms with Crippen LogP contribution in [0.2, 0.25) is 0 Å². The summed E-state index contributed by atoms with van der Waals surface area (Å²) < 4.78 is 0. The molecule has 0 spiro atoms. The summed E-state index contributed by atoms with van der Waals surface area (Å²) in [5.41, 5.74) is 2.78. The van der Waals surface area contributed by atoms with Crippen LogP contribution in [0.15, 0.2) is 24.3 Å². The monoisotopic (exact) mass is 274 g/mol. The fourth-order valence-electron chi connectivity index (χ4n) is 2.56. The second-order valence-corrected chi connectivity index (χ2v) is 5.90. The first-order valence-electron chi connectivity index (χ1n) is 6.68. The molecule has 0 saturated heterocycles. The molecule has 1 aromatic carbocycles. The Balaban J connectivity index is 1.79. The summed E-state index contributed by atoms with van der Waals surface area (Å²) in [7, 11) is 0. The lowest BCUT2D eigenvalue weighted by molar-refractivity contribution is 0.667. The molecule has 1 aliphatic heterocycles. The molecule has 0 bridgehead atoms. The van der Waals surface area contributed by atoms with E-state index in [-0.39, 0.29) is 0 Å². The Hall–Kier alpha value is -1.62. The molecule has 1 aromatic heterocycles. The van der Waals surface area contributed by atoms with Gasteiger partial charge in [0, 0.05) is 18.3 Å². The van der Waals surface area contributed by atoms with Gasteiger partial charge >= 0.3 is 0 Å². The number of nitrogens with one attached hydrogen (secondary N) is 1. The zero-order chi connectivity index (χ0) is 13.2. The SMILES string of the molecule is CCNc1nnc(CN2c3ccccc3CC2C)s1. The molecule has 100 valence electrons. The fourth-order valence-corrected chi connectivity index (χ4v) is 3.36. The normalized spacial score (nSPS) is 17.6. The van der Waals surface area contributed by atoms with Gasteiger partial charge in [0.05, 0.1) is 6.54 Å². The maximum atomic E-state index is 4.27. The van der Waals surface area contributed by atoms with E-state index in [1.165, 1.54) is 11.3 Å². The minimum absolute atomic E-state index is 0.531. The quantitative estimate of drug-likeness (QED) is 0.930. The number of anilines is 2. The van der Waals surface area contributed by atoms with Gasteiger partial charge in [0.25, 0.3) is 0 Å². The van der Waals surface area contributed by atoms with E-state index in [1.807, 2.05) is 0 Å². The Kier molecular flexibility index (Phi) is 3.38. The highest BCUT2D eigenvalue weighted by atomic mass is 32.1. The largest absolute Gasteiger partial charge is 0.361 e. The van der Waals surface area contributed by atoms with Gasteiger partial charge < -0.3 is 10.2 Å². The standard InChI is InChI=1S/C14H18N4S/c1-3-15-14-17-16-13(19-14)9-18-10(2)8-11-6-4-5-7-12(11)18/h4-7,10H,3,8-9H2,1-2H3,(H,15,17). The Morgan fingerprint density at radius 3 is 3.05 bits per heavy atom. The van der Waals surface area contributed by atoms with E-state index in [9.17, 15) is 0 Å². The summed E-state index contributed by atoms with van der Waals surface area (Å²) in [4.78, 5) is 2.42. The van der Waals surface area contributed by atoms with Crippen molar-refractivity contribution in [1.82, 2.24) is 10.2 Å². The van der Waals surface area contributed by atoms with Crippen LogP contribution in [-0.4, -0.2) is 22.8 Å². The number of nitrogens with zero attached hydrogens (tertiary/aromatic N) is 3. The van der Waals surface area contributed by atoms with Gasteiger partial charge in [0.1, 0.15) is 5.01 Å². The molecule has 19 heavy (non-hydrogen) atoms. The highest BCUT2D eigenvalue weighted by Crippen LogP contribution is 2.33. The van der Waals surface area contributed by atoms with Gasteiger partial charge in [-0.15, -0.1) is 10.2 Å². The van der Waals surface area contributed by atoms with Crippen LogP contribution in [0.5, 0.6) is 0 Å². The summed E-state index contributed by atoms with van der Waals surface area (Å²) >= 11 is 1.65. The van der Waals surface area contributed by atoms with E-state index in [0.29, 0.717) is 6.04 Å². The van der Waals surface area contributed by atoms with E-state index in [0.717, 1.165) is 29.6 Å². The molecule has 0 aliphatic carbocycles. The molecule has 1 unspecified atom stereocenters. The lowest BCUT2D eigenvalue weighted by Crippen LogP contribution is -2.28. The molecule has 2 heterocycles. The van der Waals surface area contributed by atoms with Crippen molar-refractivity contribution in [1.29, 1.82) is 0 Å². The van der Waals surface area contributed by atoms with Gasteiger partial charge in [-0.3, -0.25) is 0 Å². The Labute approximate surface area is 117 Å². The second-order valence-electron chi connectivity index (χ2n) is 4.84. The van der Waals surface area contributed by atoms with Crippen molar-refractivity contribution in [2.45, 2.75) is 32.9 Å². The lowest BCUT2D eigenvalue weighted by Gasteiger charge is -2.23. The van der Waals surface area contributed by atoms with Crippen LogP contribution in [0.3, 0.4) is 0 Å². The molecular weight excluding hydrogens is 256 g/mol. The van der Waals surface area contributed by atoms with E-state index in [1.54, 1.807) is 11.3 Å². The van der Waals surface area contributed by atoms with Gasteiger partial charge in [0.2, 0.25) is 5.13 Å². The molecule has 5 heteroatoms.